The number of amides is 4. The first kappa shape index (κ1) is 14.5. The van der Waals surface area contributed by atoms with E-state index in [-0.39, 0.29) is 17.7 Å². The average Bonchev–Trinajstić information content (AvgIpc) is 2.92. The topological polar surface area (TPSA) is 66.5 Å². The molecule has 0 bridgehead atoms. The van der Waals surface area contributed by atoms with Gasteiger partial charge in [0.2, 0.25) is 11.8 Å². The molecule has 3 rings (SSSR count). The third-order valence-electron chi connectivity index (χ3n) is 5.54. The SMILES string of the molecule is CC1(N2C(=O)NC(=O)C(C3CCCC3)C2=O)CCCCC1. The first-order chi connectivity index (χ1) is 10.0. The minimum absolute atomic E-state index is 0.111. The molecular formula is C16H24N2O3. The summed E-state index contributed by atoms with van der Waals surface area (Å²) in [5.74, 6) is -1.17. The highest BCUT2D eigenvalue weighted by Crippen LogP contribution is 2.39. The fourth-order valence-corrected chi connectivity index (χ4v) is 4.35. The number of hydrogen-bond donors (Lipinski definition) is 1. The van der Waals surface area contributed by atoms with Gasteiger partial charge in [-0.2, -0.15) is 0 Å². The molecule has 2 aliphatic carbocycles. The Labute approximate surface area is 125 Å². The zero-order chi connectivity index (χ0) is 15.0. The van der Waals surface area contributed by atoms with Crippen LogP contribution in [0.5, 0.6) is 0 Å². The molecule has 1 unspecified atom stereocenters. The summed E-state index contributed by atoms with van der Waals surface area (Å²) in [5.41, 5.74) is -0.420. The number of nitrogens with one attached hydrogen (secondary N) is 1. The predicted octanol–water partition coefficient (Wildman–Crippen LogP) is 2.59. The number of barbiturate groups is 1. The zero-order valence-electron chi connectivity index (χ0n) is 12.7. The molecule has 0 aromatic rings. The van der Waals surface area contributed by atoms with Crippen LogP contribution >= 0.6 is 0 Å². The van der Waals surface area contributed by atoms with Crippen molar-refractivity contribution in [2.24, 2.45) is 11.8 Å². The van der Waals surface area contributed by atoms with Crippen molar-refractivity contribution in [1.29, 1.82) is 0 Å². The number of hydrogen-bond acceptors (Lipinski definition) is 3. The van der Waals surface area contributed by atoms with Gasteiger partial charge in [-0.25, -0.2) is 4.79 Å². The Bertz CT molecular complexity index is 462. The monoisotopic (exact) mass is 292 g/mol. The van der Waals surface area contributed by atoms with E-state index in [1.165, 1.54) is 4.90 Å². The maximum Gasteiger partial charge on any atom is 0.331 e. The molecule has 1 atom stereocenters. The van der Waals surface area contributed by atoms with Crippen LogP contribution in [0.25, 0.3) is 0 Å². The van der Waals surface area contributed by atoms with Crippen LogP contribution in [0.2, 0.25) is 0 Å². The lowest BCUT2D eigenvalue weighted by Crippen LogP contribution is -2.66. The van der Waals surface area contributed by atoms with Crippen LogP contribution in [0.3, 0.4) is 0 Å². The summed E-state index contributed by atoms with van der Waals surface area (Å²) in [4.78, 5) is 38.7. The first-order valence-electron chi connectivity index (χ1n) is 8.22. The van der Waals surface area contributed by atoms with E-state index in [1.807, 2.05) is 6.92 Å². The number of carbonyl (C=O) groups excluding carboxylic acids is 3. The summed E-state index contributed by atoms with van der Waals surface area (Å²) in [6.07, 6.45) is 8.91. The van der Waals surface area contributed by atoms with Crippen LogP contribution in [0.4, 0.5) is 4.79 Å². The van der Waals surface area contributed by atoms with Crippen molar-refractivity contribution in [2.45, 2.75) is 70.3 Å². The van der Waals surface area contributed by atoms with Crippen LogP contribution in [0, 0.1) is 11.8 Å². The molecule has 1 saturated heterocycles. The predicted molar refractivity (Wildman–Crippen MR) is 77.3 cm³/mol. The molecule has 1 aliphatic heterocycles. The lowest BCUT2D eigenvalue weighted by atomic mass is 9.79. The van der Waals surface area contributed by atoms with Gasteiger partial charge in [-0.3, -0.25) is 19.8 Å². The number of urea groups is 1. The average molecular weight is 292 g/mol. The third-order valence-corrected chi connectivity index (χ3v) is 5.54. The van der Waals surface area contributed by atoms with Crippen molar-refractivity contribution in [1.82, 2.24) is 10.2 Å². The molecule has 21 heavy (non-hydrogen) atoms. The number of rotatable bonds is 2. The van der Waals surface area contributed by atoms with E-state index < -0.39 is 17.5 Å². The van der Waals surface area contributed by atoms with Crippen LogP contribution in [-0.4, -0.2) is 28.3 Å². The summed E-state index contributed by atoms with van der Waals surface area (Å²) in [7, 11) is 0. The molecule has 1 N–H and O–H groups in total. The lowest BCUT2D eigenvalue weighted by Gasteiger charge is -2.46. The summed E-state index contributed by atoms with van der Waals surface area (Å²) in [6, 6.07) is -0.511. The molecule has 0 radical (unpaired) electrons. The van der Waals surface area contributed by atoms with Crippen molar-refractivity contribution in [3.8, 4) is 0 Å². The standard InChI is InChI=1S/C16H24N2O3/c1-16(9-5-2-6-10-16)18-14(20)12(11-7-3-4-8-11)13(19)17-15(18)21/h11-12H,2-10H2,1H3,(H,17,19,21). The van der Waals surface area contributed by atoms with Crippen molar-refractivity contribution in [3.05, 3.63) is 0 Å². The van der Waals surface area contributed by atoms with Crippen molar-refractivity contribution in [2.75, 3.05) is 0 Å². The Kier molecular flexibility index (Phi) is 3.76. The summed E-state index contributed by atoms with van der Waals surface area (Å²) < 4.78 is 0. The van der Waals surface area contributed by atoms with Crippen molar-refractivity contribution < 1.29 is 14.4 Å². The van der Waals surface area contributed by atoms with E-state index in [4.69, 9.17) is 0 Å². The second-order valence-electron chi connectivity index (χ2n) is 7.05. The van der Waals surface area contributed by atoms with Crippen molar-refractivity contribution >= 4 is 17.8 Å². The highest BCUT2D eigenvalue weighted by atomic mass is 16.2. The molecule has 3 fully saturated rings. The minimum Gasteiger partial charge on any atom is -0.277 e. The second kappa shape index (κ2) is 5.43. The third kappa shape index (κ3) is 2.47. The van der Waals surface area contributed by atoms with E-state index in [0.717, 1.165) is 57.8 Å². The Hall–Kier alpha value is -1.39. The maximum atomic E-state index is 12.9. The largest absolute Gasteiger partial charge is 0.331 e. The molecule has 0 aromatic carbocycles. The highest BCUT2D eigenvalue weighted by Gasteiger charge is 2.51. The Morgan fingerprint density at radius 1 is 1.00 bits per heavy atom. The molecule has 1 heterocycles. The summed E-state index contributed by atoms with van der Waals surface area (Å²) >= 11 is 0. The smallest absolute Gasteiger partial charge is 0.277 e. The summed E-state index contributed by atoms with van der Waals surface area (Å²) in [6.45, 7) is 1.99. The number of carbonyl (C=O) groups is 3. The van der Waals surface area contributed by atoms with E-state index in [2.05, 4.69) is 5.32 Å². The van der Waals surface area contributed by atoms with E-state index in [9.17, 15) is 14.4 Å². The Morgan fingerprint density at radius 2 is 1.62 bits per heavy atom. The molecule has 0 spiro atoms. The van der Waals surface area contributed by atoms with Crippen LogP contribution < -0.4 is 5.32 Å². The van der Waals surface area contributed by atoms with Gasteiger partial charge in [0.1, 0.15) is 5.92 Å². The highest BCUT2D eigenvalue weighted by molar-refractivity contribution is 6.16. The molecule has 2 saturated carbocycles. The van der Waals surface area contributed by atoms with Gasteiger partial charge in [0.25, 0.3) is 0 Å². The van der Waals surface area contributed by atoms with Crippen LogP contribution in [-0.2, 0) is 9.59 Å². The van der Waals surface area contributed by atoms with Gasteiger partial charge in [-0.15, -0.1) is 0 Å². The molecular weight excluding hydrogens is 268 g/mol. The Balaban J connectivity index is 1.87. The fraction of sp³-hybridized carbons (Fsp3) is 0.812. The van der Waals surface area contributed by atoms with Gasteiger partial charge in [0.15, 0.2) is 0 Å². The van der Waals surface area contributed by atoms with Crippen molar-refractivity contribution in [3.63, 3.8) is 0 Å². The number of nitrogens with zero attached hydrogens (tertiary/aromatic N) is 1. The lowest BCUT2D eigenvalue weighted by molar-refractivity contribution is -0.149. The molecule has 5 nitrogen and oxygen atoms in total. The molecule has 5 heteroatoms. The van der Waals surface area contributed by atoms with Crippen LogP contribution in [0.1, 0.15) is 64.7 Å². The van der Waals surface area contributed by atoms with E-state index in [0.29, 0.717) is 0 Å². The van der Waals surface area contributed by atoms with E-state index >= 15 is 0 Å². The van der Waals surface area contributed by atoms with Gasteiger partial charge in [0.05, 0.1) is 0 Å². The first-order valence-corrected chi connectivity index (χ1v) is 8.22. The maximum absolute atomic E-state index is 12.9. The fourth-order valence-electron chi connectivity index (χ4n) is 4.35. The normalized spacial score (nSPS) is 30.6. The second-order valence-corrected chi connectivity index (χ2v) is 7.05. The summed E-state index contributed by atoms with van der Waals surface area (Å²) in [5, 5.41) is 2.44. The molecule has 3 aliphatic rings. The molecule has 4 amide bonds. The van der Waals surface area contributed by atoms with Crippen LogP contribution in [0.15, 0.2) is 0 Å². The zero-order valence-corrected chi connectivity index (χ0v) is 12.7. The van der Waals surface area contributed by atoms with Gasteiger partial charge < -0.3 is 0 Å². The van der Waals surface area contributed by atoms with Gasteiger partial charge in [0, 0.05) is 5.54 Å². The van der Waals surface area contributed by atoms with Gasteiger partial charge in [-0.05, 0) is 38.5 Å². The van der Waals surface area contributed by atoms with Gasteiger partial charge >= 0.3 is 6.03 Å². The molecule has 116 valence electrons. The van der Waals surface area contributed by atoms with E-state index in [1.54, 1.807) is 0 Å². The molecule has 0 aromatic heterocycles. The minimum atomic E-state index is -0.649. The quantitative estimate of drug-likeness (QED) is 0.795. The Morgan fingerprint density at radius 3 is 2.24 bits per heavy atom. The number of imide groups is 2. The van der Waals surface area contributed by atoms with Gasteiger partial charge in [-0.1, -0.05) is 32.1 Å².